The summed E-state index contributed by atoms with van der Waals surface area (Å²) >= 11 is 2.06. The summed E-state index contributed by atoms with van der Waals surface area (Å²) in [5.74, 6) is -1.09. The van der Waals surface area contributed by atoms with Crippen LogP contribution in [-0.4, -0.2) is 17.1 Å². The van der Waals surface area contributed by atoms with Gasteiger partial charge in [-0.2, -0.15) is 0 Å². The van der Waals surface area contributed by atoms with E-state index in [1.165, 1.54) is 24.3 Å². The van der Waals surface area contributed by atoms with Gasteiger partial charge in [-0.3, -0.25) is 0 Å². The Morgan fingerprint density at radius 2 is 1.85 bits per heavy atom. The number of esters is 1. The van der Waals surface area contributed by atoms with Crippen LogP contribution in [0.4, 0.5) is 14.5 Å². The molecule has 0 saturated carbocycles. The van der Waals surface area contributed by atoms with Gasteiger partial charge in [0, 0.05) is 22.1 Å². The predicted molar refractivity (Wildman–Crippen MR) is 105 cm³/mol. The van der Waals surface area contributed by atoms with E-state index in [2.05, 4.69) is 27.9 Å². The van der Waals surface area contributed by atoms with Crippen LogP contribution in [0.3, 0.4) is 0 Å². The molecule has 3 rings (SSSR count). The van der Waals surface area contributed by atoms with Crippen molar-refractivity contribution in [3.63, 3.8) is 0 Å². The molecule has 0 amide bonds. The normalized spacial score (nSPS) is 19.0. The molecule has 1 aliphatic heterocycles. The van der Waals surface area contributed by atoms with Crippen molar-refractivity contribution in [1.82, 2.24) is 0 Å². The van der Waals surface area contributed by atoms with E-state index in [1.54, 1.807) is 12.1 Å². The first-order valence-electron chi connectivity index (χ1n) is 8.32. The van der Waals surface area contributed by atoms with Crippen molar-refractivity contribution < 1.29 is 18.3 Å². The van der Waals surface area contributed by atoms with Gasteiger partial charge in [-0.1, -0.05) is 12.1 Å². The number of anilines is 1. The SMILES string of the molecule is CC(C)(C)OC(=O)C1(Cc2ccc(F)cc2I)Cc2ccc(F)cc2N1. The fourth-order valence-electron chi connectivity index (χ4n) is 3.11. The lowest BCUT2D eigenvalue weighted by molar-refractivity contribution is -0.160. The third-order valence-electron chi connectivity index (χ3n) is 4.24. The molecule has 0 bridgehead atoms. The molecule has 1 heterocycles. The van der Waals surface area contributed by atoms with E-state index in [9.17, 15) is 13.6 Å². The molecule has 6 heteroatoms. The molecule has 1 N–H and O–H groups in total. The lowest BCUT2D eigenvalue weighted by atomic mass is 9.87. The Kier molecular flexibility index (Phi) is 4.98. The van der Waals surface area contributed by atoms with Crippen LogP contribution in [0, 0.1) is 15.2 Å². The predicted octanol–water partition coefficient (Wildman–Crippen LogP) is 4.86. The molecular formula is C20H20F2INO2. The number of hydrogen-bond acceptors (Lipinski definition) is 3. The van der Waals surface area contributed by atoms with E-state index in [0.717, 1.165) is 14.7 Å². The Morgan fingerprint density at radius 3 is 2.50 bits per heavy atom. The molecule has 1 aliphatic rings. The summed E-state index contributed by atoms with van der Waals surface area (Å²) in [6.45, 7) is 5.42. The third kappa shape index (κ3) is 4.00. The third-order valence-corrected chi connectivity index (χ3v) is 5.24. The number of ether oxygens (including phenoxy) is 1. The Morgan fingerprint density at radius 1 is 1.19 bits per heavy atom. The Labute approximate surface area is 165 Å². The first-order chi connectivity index (χ1) is 12.1. The Balaban J connectivity index is 1.99. The number of benzene rings is 2. The van der Waals surface area contributed by atoms with Gasteiger partial charge in [0.15, 0.2) is 0 Å². The molecule has 2 aromatic carbocycles. The average molecular weight is 471 g/mol. The summed E-state index contributed by atoms with van der Waals surface area (Å²) < 4.78 is 33.4. The van der Waals surface area contributed by atoms with E-state index in [4.69, 9.17) is 4.74 Å². The van der Waals surface area contributed by atoms with Crippen LogP contribution >= 0.6 is 22.6 Å². The summed E-state index contributed by atoms with van der Waals surface area (Å²) in [6.07, 6.45) is 0.696. The van der Waals surface area contributed by atoms with Gasteiger partial charge in [0.05, 0.1) is 0 Å². The van der Waals surface area contributed by atoms with Crippen molar-refractivity contribution >= 4 is 34.2 Å². The highest BCUT2D eigenvalue weighted by molar-refractivity contribution is 14.1. The molecule has 0 aliphatic carbocycles. The van der Waals surface area contributed by atoms with Gasteiger partial charge in [0.1, 0.15) is 22.8 Å². The maximum atomic E-state index is 13.6. The zero-order valence-corrected chi connectivity index (χ0v) is 17.0. The minimum Gasteiger partial charge on any atom is -0.458 e. The van der Waals surface area contributed by atoms with Crippen LogP contribution < -0.4 is 5.32 Å². The van der Waals surface area contributed by atoms with Gasteiger partial charge < -0.3 is 10.1 Å². The van der Waals surface area contributed by atoms with E-state index in [0.29, 0.717) is 18.5 Å². The number of carbonyl (C=O) groups excluding carboxylic acids is 1. The number of halogens is 3. The molecular weight excluding hydrogens is 451 g/mol. The molecule has 2 aromatic rings. The van der Waals surface area contributed by atoms with Crippen molar-refractivity contribution in [3.05, 3.63) is 62.7 Å². The maximum Gasteiger partial charge on any atom is 0.332 e. The van der Waals surface area contributed by atoms with E-state index >= 15 is 0 Å². The van der Waals surface area contributed by atoms with E-state index in [1.807, 2.05) is 20.8 Å². The first-order valence-corrected chi connectivity index (χ1v) is 9.40. The van der Waals surface area contributed by atoms with Crippen molar-refractivity contribution in [2.45, 2.75) is 44.8 Å². The van der Waals surface area contributed by atoms with Crippen LogP contribution in [-0.2, 0) is 22.4 Å². The van der Waals surface area contributed by atoms with Crippen LogP contribution in [0.5, 0.6) is 0 Å². The number of hydrogen-bond donors (Lipinski definition) is 1. The largest absolute Gasteiger partial charge is 0.458 e. The lowest BCUT2D eigenvalue weighted by Gasteiger charge is -2.32. The zero-order chi connectivity index (χ0) is 19.1. The molecule has 0 radical (unpaired) electrons. The molecule has 3 nitrogen and oxygen atoms in total. The lowest BCUT2D eigenvalue weighted by Crippen LogP contribution is -2.50. The molecule has 1 unspecified atom stereocenters. The second-order valence-electron chi connectivity index (χ2n) is 7.60. The first kappa shape index (κ1) is 19.1. The minimum absolute atomic E-state index is 0.316. The van der Waals surface area contributed by atoms with Crippen LogP contribution in [0.1, 0.15) is 31.9 Å². The molecule has 0 saturated heterocycles. The molecule has 0 aromatic heterocycles. The fraction of sp³-hybridized carbons (Fsp3) is 0.350. The van der Waals surface area contributed by atoms with Crippen LogP contribution in [0.15, 0.2) is 36.4 Å². The second-order valence-corrected chi connectivity index (χ2v) is 8.76. The smallest absolute Gasteiger partial charge is 0.332 e. The van der Waals surface area contributed by atoms with Gasteiger partial charge in [0.25, 0.3) is 0 Å². The second kappa shape index (κ2) is 6.79. The molecule has 138 valence electrons. The molecule has 0 spiro atoms. The summed E-state index contributed by atoms with van der Waals surface area (Å²) in [5, 5.41) is 3.19. The number of rotatable bonds is 3. The van der Waals surface area contributed by atoms with Crippen molar-refractivity contribution in [2.75, 3.05) is 5.32 Å². The molecule has 1 atom stereocenters. The van der Waals surface area contributed by atoms with Gasteiger partial charge in [0.2, 0.25) is 0 Å². The van der Waals surface area contributed by atoms with Crippen molar-refractivity contribution in [2.24, 2.45) is 0 Å². The Hall–Kier alpha value is -1.70. The van der Waals surface area contributed by atoms with Crippen LogP contribution in [0.25, 0.3) is 0 Å². The minimum atomic E-state index is -1.05. The van der Waals surface area contributed by atoms with Gasteiger partial charge in [-0.05, 0) is 78.8 Å². The zero-order valence-electron chi connectivity index (χ0n) is 14.8. The number of nitrogens with one attached hydrogen (secondary N) is 1. The highest BCUT2D eigenvalue weighted by atomic mass is 127. The van der Waals surface area contributed by atoms with Gasteiger partial charge in [-0.25, -0.2) is 13.6 Å². The number of fused-ring (bicyclic) bond motifs is 1. The molecule has 26 heavy (non-hydrogen) atoms. The summed E-state index contributed by atoms with van der Waals surface area (Å²) in [6, 6.07) is 8.93. The van der Waals surface area contributed by atoms with Gasteiger partial charge >= 0.3 is 5.97 Å². The highest BCUT2D eigenvalue weighted by Crippen LogP contribution is 2.37. The quantitative estimate of drug-likeness (QED) is 0.514. The van der Waals surface area contributed by atoms with E-state index < -0.39 is 17.1 Å². The fourth-order valence-corrected chi connectivity index (χ4v) is 3.78. The van der Waals surface area contributed by atoms with Crippen molar-refractivity contribution in [1.29, 1.82) is 0 Å². The van der Waals surface area contributed by atoms with E-state index in [-0.39, 0.29) is 11.6 Å². The summed E-state index contributed by atoms with van der Waals surface area (Å²) in [7, 11) is 0. The van der Waals surface area contributed by atoms with Crippen molar-refractivity contribution in [3.8, 4) is 0 Å². The van der Waals surface area contributed by atoms with Gasteiger partial charge in [-0.15, -0.1) is 0 Å². The average Bonchev–Trinajstić information content (AvgIpc) is 2.87. The number of carbonyl (C=O) groups is 1. The Bertz CT molecular complexity index is 863. The topological polar surface area (TPSA) is 38.3 Å². The summed E-state index contributed by atoms with van der Waals surface area (Å²) in [4.78, 5) is 13.1. The molecule has 0 fully saturated rings. The monoisotopic (exact) mass is 471 g/mol. The standard InChI is InChI=1S/C20H20F2INO2/c1-19(2,3)26-18(25)20(10-12-4-6-14(21)8-16(12)23)11-13-5-7-15(22)9-17(13)24-20/h4-9,24H,10-11H2,1-3H3. The highest BCUT2D eigenvalue weighted by Gasteiger charge is 2.46. The van der Waals surface area contributed by atoms with Crippen LogP contribution in [0.2, 0.25) is 0 Å². The maximum absolute atomic E-state index is 13.6. The summed E-state index contributed by atoms with van der Waals surface area (Å²) in [5.41, 5.74) is 0.573.